The largest absolute Gasteiger partial charge is 0.490 e. The number of carboxylic acids is 1. The van der Waals surface area contributed by atoms with Crippen LogP contribution in [0.25, 0.3) is 0 Å². The van der Waals surface area contributed by atoms with Gasteiger partial charge in [0.15, 0.2) is 0 Å². The number of benzene rings is 2. The number of hydrogen-bond acceptors (Lipinski definition) is 4. The Hall–Kier alpha value is -3.06. The van der Waals surface area contributed by atoms with E-state index in [4.69, 9.17) is 9.84 Å². The molecule has 2 aromatic rings. The van der Waals surface area contributed by atoms with E-state index in [1.54, 1.807) is 18.2 Å². The second kappa shape index (κ2) is 10.9. The highest BCUT2D eigenvalue weighted by Gasteiger charge is 2.08. The van der Waals surface area contributed by atoms with Crippen LogP contribution >= 0.6 is 0 Å². The van der Waals surface area contributed by atoms with Crippen molar-refractivity contribution >= 4 is 17.7 Å². The Kier molecular flexibility index (Phi) is 8.30. The van der Waals surface area contributed by atoms with Crippen molar-refractivity contribution in [1.82, 2.24) is 10.2 Å². The summed E-state index contributed by atoms with van der Waals surface area (Å²) >= 11 is 0. The zero-order chi connectivity index (χ0) is 20.4. The number of amides is 2. The SMILES string of the molecule is CCN(CC)CCOc1ccccc1NC(=O)NCc1ccc(C(=O)O)cc1. The van der Waals surface area contributed by atoms with Crippen molar-refractivity contribution in [1.29, 1.82) is 0 Å². The topological polar surface area (TPSA) is 90.9 Å². The Morgan fingerprint density at radius 1 is 1.04 bits per heavy atom. The second-order valence-electron chi connectivity index (χ2n) is 6.18. The minimum Gasteiger partial charge on any atom is -0.490 e. The van der Waals surface area contributed by atoms with Gasteiger partial charge in [0.2, 0.25) is 0 Å². The number of hydrogen-bond donors (Lipinski definition) is 3. The van der Waals surface area contributed by atoms with E-state index < -0.39 is 5.97 Å². The van der Waals surface area contributed by atoms with Crippen molar-refractivity contribution in [2.75, 3.05) is 31.6 Å². The number of anilines is 1. The molecule has 0 fully saturated rings. The maximum absolute atomic E-state index is 12.2. The van der Waals surface area contributed by atoms with Crippen LogP contribution in [0.3, 0.4) is 0 Å². The monoisotopic (exact) mass is 385 g/mol. The maximum Gasteiger partial charge on any atom is 0.335 e. The molecule has 0 heterocycles. The number of aromatic carboxylic acids is 1. The Labute approximate surface area is 165 Å². The van der Waals surface area contributed by atoms with E-state index in [-0.39, 0.29) is 18.1 Å². The van der Waals surface area contributed by atoms with Gasteiger partial charge >= 0.3 is 12.0 Å². The lowest BCUT2D eigenvalue weighted by atomic mass is 10.1. The molecule has 0 saturated carbocycles. The average Bonchev–Trinajstić information content (AvgIpc) is 2.71. The molecule has 0 spiro atoms. The van der Waals surface area contributed by atoms with Crippen molar-refractivity contribution in [2.45, 2.75) is 20.4 Å². The molecule has 2 rings (SSSR count). The highest BCUT2D eigenvalue weighted by atomic mass is 16.5. The Morgan fingerprint density at radius 2 is 1.71 bits per heavy atom. The van der Waals surface area contributed by atoms with E-state index in [1.165, 1.54) is 12.1 Å². The number of urea groups is 1. The highest BCUT2D eigenvalue weighted by Crippen LogP contribution is 2.23. The summed E-state index contributed by atoms with van der Waals surface area (Å²) in [7, 11) is 0. The van der Waals surface area contributed by atoms with Crippen molar-refractivity contribution in [2.24, 2.45) is 0 Å². The third kappa shape index (κ3) is 6.59. The van der Waals surface area contributed by atoms with Crippen molar-refractivity contribution in [3.63, 3.8) is 0 Å². The molecule has 3 N–H and O–H groups in total. The fraction of sp³-hybridized carbons (Fsp3) is 0.333. The van der Waals surface area contributed by atoms with Crippen LogP contribution in [0.4, 0.5) is 10.5 Å². The molecule has 7 nitrogen and oxygen atoms in total. The van der Waals surface area contributed by atoms with E-state index in [9.17, 15) is 9.59 Å². The summed E-state index contributed by atoms with van der Waals surface area (Å²) in [5.74, 6) is -0.356. The first-order valence-electron chi connectivity index (χ1n) is 9.34. The van der Waals surface area contributed by atoms with Gasteiger partial charge < -0.3 is 25.4 Å². The predicted molar refractivity (Wildman–Crippen MR) is 109 cm³/mol. The molecule has 2 amide bonds. The van der Waals surface area contributed by atoms with Gasteiger partial charge in [-0.25, -0.2) is 9.59 Å². The lowest BCUT2D eigenvalue weighted by Gasteiger charge is -2.19. The lowest BCUT2D eigenvalue weighted by Crippen LogP contribution is -2.29. The Morgan fingerprint density at radius 3 is 2.36 bits per heavy atom. The van der Waals surface area contributed by atoms with Crippen LogP contribution in [0, 0.1) is 0 Å². The molecule has 0 aliphatic heterocycles. The molecular weight excluding hydrogens is 358 g/mol. The molecule has 0 aliphatic rings. The fourth-order valence-corrected chi connectivity index (χ4v) is 2.63. The van der Waals surface area contributed by atoms with Crippen LogP contribution < -0.4 is 15.4 Å². The molecule has 0 aliphatic carbocycles. The first-order chi connectivity index (χ1) is 13.5. The third-order valence-electron chi connectivity index (χ3n) is 4.35. The van der Waals surface area contributed by atoms with Gasteiger partial charge in [-0.05, 0) is 42.9 Å². The van der Waals surface area contributed by atoms with E-state index in [1.807, 2.05) is 18.2 Å². The number of likely N-dealkylation sites (N-methyl/N-ethyl adjacent to an activating group) is 1. The third-order valence-corrected chi connectivity index (χ3v) is 4.35. The Balaban J connectivity index is 1.86. The molecule has 0 saturated heterocycles. The number of carbonyl (C=O) groups is 2. The van der Waals surface area contributed by atoms with Crippen LogP contribution in [0.2, 0.25) is 0 Å². The van der Waals surface area contributed by atoms with Crippen LogP contribution in [0.5, 0.6) is 5.75 Å². The van der Waals surface area contributed by atoms with Crippen molar-refractivity contribution in [3.05, 3.63) is 59.7 Å². The molecule has 7 heteroatoms. The minimum atomic E-state index is -0.977. The summed E-state index contributed by atoms with van der Waals surface area (Å²) in [5, 5.41) is 14.5. The van der Waals surface area contributed by atoms with Gasteiger partial charge in [0.05, 0.1) is 11.3 Å². The van der Waals surface area contributed by atoms with Gasteiger partial charge in [-0.1, -0.05) is 38.1 Å². The molecule has 0 aromatic heterocycles. The molecule has 0 bridgehead atoms. The average molecular weight is 385 g/mol. The fourth-order valence-electron chi connectivity index (χ4n) is 2.63. The number of carbonyl (C=O) groups excluding carboxylic acids is 1. The number of rotatable bonds is 10. The summed E-state index contributed by atoms with van der Waals surface area (Å²) in [4.78, 5) is 25.3. The van der Waals surface area contributed by atoms with Crippen molar-refractivity contribution < 1.29 is 19.4 Å². The lowest BCUT2D eigenvalue weighted by molar-refractivity contribution is 0.0697. The van der Waals surface area contributed by atoms with Crippen LogP contribution in [-0.2, 0) is 6.54 Å². The van der Waals surface area contributed by atoms with Gasteiger partial charge in [0.1, 0.15) is 12.4 Å². The number of nitrogens with zero attached hydrogens (tertiary/aromatic N) is 1. The smallest absolute Gasteiger partial charge is 0.335 e. The summed E-state index contributed by atoms with van der Waals surface area (Å²) < 4.78 is 5.83. The van der Waals surface area contributed by atoms with Gasteiger partial charge in [0.25, 0.3) is 0 Å². The number of carboxylic acid groups (broad SMARTS) is 1. The van der Waals surface area contributed by atoms with E-state index in [0.29, 0.717) is 18.0 Å². The van der Waals surface area contributed by atoms with Gasteiger partial charge in [-0.2, -0.15) is 0 Å². The van der Waals surface area contributed by atoms with Gasteiger partial charge in [0, 0.05) is 13.1 Å². The molecule has 150 valence electrons. The summed E-state index contributed by atoms with van der Waals surface area (Å²) in [5.41, 5.74) is 1.62. The molecule has 2 aromatic carbocycles. The Bertz CT molecular complexity index is 773. The van der Waals surface area contributed by atoms with Crippen LogP contribution in [-0.4, -0.2) is 48.2 Å². The highest BCUT2D eigenvalue weighted by molar-refractivity contribution is 5.91. The minimum absolute atomic E-state index is 0.212. The quantitative estimate of drug-likeness (QED) is 0.583. The standard InChI is InChI=1S/C21H27N3O4/c1-3-24(4-2)13-14-28-19-8-6-5-7-18(19)23-21(27)22-15-16-9-11-17(12-10-16)20(25)26/h5-12H,3-4,13-15H2,1-2H3,(H,25,26)(H2,22,23,27). The number of nitrogens with one attached hydrogen (secondary N) is 2. The van der Waals surface area contributed by atoms with Gasteiger partial charge in [-0.15, -0.1) is 0 Å². The number of para-hydroxylation sites is 2. The predicted octanol–water partition coefficient (Wildman–Crippen LogP) is 3.43. The van der Waals surface area contributed by atoms with Gasteiger partial charge in [-0.3, -0.25) is 0 Å². The normalized spacial score (nSPS) is 10.5. The number of ether oxygens (including phenoxy) is 1. The second-order valence-corrected chi connectivity index (χ2v) is 6.18. The molecule has 0 atom stereocenters. The van der Waals surface area contributed by atoms with E-state index >= 15 is 0 Å². The van der Waals surface area contributed by atoms with E-state index in [0.717, 1.165) is 25.2 Å². The van der Waals surface area contributed by atoms with Crippen LogP contribution in [0.1, 0.15) is 29.8 Å². The molecular formula is C21H27N3O4. The summed E-state index contributed by atoms with van der Waals surface area (Å²) in [6.45, 7) is 7.80. The summed E-state index contributed by atoms with van der Waals surface area (Å²) in [6, 6.07) is 13.3. The summed E-state index contributed by atoms with van der Waals surface area (Å²) in [6.07, 6.45) is 0. The maximum atomic E-state index is 12.2. The van der Waals surface area contributed by atoms with E-state index in [2.05, 4.69) is 29.4 Å². The zero-order valence-electron chi connectivity index (χ0n) is 16.3. The molecule has 28 heavy (non-hydrogen) atoms. The molecule has 0 unspecified atom stereocenters. The zero-order valence-corrected chi connectivity index (χ0v) is 16.3. The van der Waals surface area contributed by atoms with Crippen molar-refractivity contribution in [3.8, 4) is 5.75 Å². The van der Waals surface area contributed by atoms with Crippen LogP contribution in [0.15, 0.2) is 48.5 Å². The first-order valence-corrected chi connectivity index (χ1v) is 9.34. The first kappa shape index (κ1) is 21.2. The molecule has 0 radical (unpaired) electrons.